The summed E-state index contributed by atoms with van der Waals surface area (Å²) < 4.78 is 7.43. The minimum absolute atomic E-state index is 0.489. The predicted molar refractivity (Wildman–Crippen MR) is 71.7 cm³/mol. The van der Waals surface area contributed by atoms with E-state index in [0.29, 0.717) is 6.04 Å². The molecule has 1 atom stereocenters. The Balaban J connectivity index is 2.45. The Morgan fingerprint density at radius 1 is 1.41 bits per heavy atom. The molecule has 0 fully saturated rings. The van der Waals surface area contributed by atoms with Crippen LogP contribution in [-0.2, 0) is 13.5 Å². The molecule has 2 aromatic rings. The number of aromatic nitrogens is 1. The molecule has 2 rings (SSSR count). The normalized spacial score (nSPS) is 12.9. The lowest BCUT2D eigenvalue weighted by molar-refractivity contribution is 0.415. The second-order valence-electron chi connectivity index (χ2n) is 4.54. The number of rotatable bonds is 4. The number of fused-ring (bicyclic) bond motifs is 1. The fourth-order valence-electron chi connectivity index (χ4n) is 2.17. The third-order valence-corrected chi connectivity index (χ3v) is 3.30. The van der Waals surface area contributed by atoms with Crippen molar-refractivity contribution < 1.29 is 4.74 Å². The van der Waals surface area contributed by atoms with Gasteiger partial charge < -0.3 is 14.6 Å². The summed E-state index contributed by atoms with van der Waals surface area (Å²) in [5.41, 5.74) is 2.61. The van der Waals surface area contributed by atoms with Crippen LogP contribution in [0.2, 0.25) is 0 Å². The highest BCUT2D eigenvalue weighted by Gasteiger charge is 2.09. The molecule has 0 aliphatic carbocycles. The van der Waals surface area contributed by atoms with Crippen LogP contribution in [0.4, 0.5) is 0 Å². The number of benzene rings is 1. The van der Waals surface area contributed by atoms with E-state index in [4.69, 9.17) is 4.74 Å². The van der Waals surface area contributed by atoms with Gasteiger partial charge in [0.15, 0.2) is 0 Å². The molecule has 17 heavy (non-hydrogen) atoms. The lowest BCUT2D eigenvalue weighted by atomic mass is 10.1. The van der Waals surface area contributed by atoms with Crippen molar-refractivity contribution in [3.05, 3.63) is 30.0 Å². The van der Waals surface area contributed by atoms with Gasteiger partial charge in [-0.05, 0) is 38.1 Å². The van der Waals surface area contributed by atoms with E-state index < -0.39 is 0 Å². The molecule has 92 valence electrons. The molecule has 0 saturated heterocycles. The zero-order chi connectivity index (χ0) is 12.4. The first kappa shape index (κ1) is 12.0. The Labute approximate surface area is 102 Å². The van der Waals surface area contributed by atoms with Gasteiger partial charge in [-0.25, -0.2) is 0 Å². The van der Waals surface area contributed by atoms with Gasteiger partial charge in [0.2, 0.25) is 0 Å². The molecule has 0 bridgehead atoms. The molecule has 1 unspecified atom stereocenters. The van der Waals surface area contributed by atoms with Crippen LogP contribution in [0.15, 0.2) is 24.4 Å². The zero-order valence-electron chi connectivity index (χ0n) is 10.9. The minimum atomic E-state index is 0.489. The van der Waals surface area contributed by atoms with Gasteiger partial charge in [-0.15, -0.1) is 0 Å². The first-order valence-corrected chi connectivity index (χ1v) is 5.95. The molecular formula is C14H20N2O. The van der Waals surface area contributed by atoms with Crippen molar-refractivity contribution in [3.8, 4) is 5.75 Å². The first-order valence-electron chi connectivity index (χ1n) is 5.95. The summed E-state index contributed by atoms with van der Waals surface area (Å²) >= 11 is 0. The van der Waals surface area contributed by atoms with Crippen LogP contribution in [0.25, 0.3) is 10.9 Å². The second-order valence-corrected chi connectivity index (χ2v) is 4.54. The Bertz CT molecular complexity index is 516. The van der Waals surface area contributed by atoms with Gasteiger partial charge in [-0.3, -0.25) is 0 Å². The molecule has 0 aliphatic heterocycles. The highest BCUT2D eigenvalue weighted by Crippen LogP contribution is 2.25. The molecule has 0 spiro atoms. The van der Waals surface area contributed by atoms with E-state index in [1.54, 1.807) is 7.11 Å². The summed E-state index contributed by atoms with van der Waals surface area (Å²) in [6, 6.07) is 6.74. The Kier molecular flexibility index (Phi) is 3.38. The average Bonchev–Trinajstić information content (AvgIpc) is 2.65. The van der Waals surface area contributed by atoms with Crippen molar-refractivity contribution in [2.24, 2.45) is 7.05 Å². The summed E-state index contributed by atoms with van der Waals surface area (Å²) in [4.78, 5) is 0. The summed E-state index contributed by atoms with van der Waals surface area (Å²) in [5, 5.41) is 4.59. The molecule has 1 heterocycles. The van der Waals surface area contributed by atoms with E-state index >= 15 is 0 Å². The molecule has 0 aliphatic rings. The summed E-state index contributed by atoms with van der Waals surface area (Å²) in [5.74, 6) is 0.909. The van der Waals surface area contributed by atoms with Gasteiger partial charge in [0, 0.05) is 30.7 Å². The van der Waals surface area contributed by atoms with Gasteiger partial charge in [0.1, 0.15) is 5.75 Å². The van der Waals surface area contributed by atoms with Crippen molar-refractivity contribution in [1.82, 2.24) is 9.88 Å². The first-order chi connectivity index (χ1) is 8.15. The topological polar surface area (TPSA) is 26.2 Å². The Morgan fingerprint density at radius 3 is 2.82 bits per heavy atom. The highest BCUT2D eigenvalue weighted by atomic mass is 16.5. The van der Waals surface area contributed by atoms with E-state index in [-0.39, 0.29) is 0 Å². The molecule has 1 aromatic heterocycles. The Hall–Kier alpha value is -1.48. The third-order valence-electron chi connectivity index (χ3n) is 3.30. The van der Waals surface area contributed by atoms with Gasteiger partial charge in [-0.1, -0.05) is 0 Å². The largest absolute Gasteiger partial charge is 0.497 e. The SMILES string of the molecule is CNC(C)Cc1cn(C)c2cc(OC)ccc12. The predicted octanol–water partition coefficient (Wildman–Crippen LogP) is 2.34. The third kappa shape index (κ3) is 2.29. The maximum Gasteiger partial charge on any atom is 0.120 e. The number of aryl methyl sites for hydroxylation is 1. The lowest BCUT2D eigenvalue weighted by Crippen LogP contribution is -2.23. The number of nitrogens with zero attached hydrogens (tertiary/aromatic N) is 1. The standard InChI is InChI=1S/C14H20N2O/c1-10(15-2)7-11-9-16(3)14-8-12(17-4)5-6-13(11)14/h5-6,8-10,15H,7H2,1-4H3. The van der Waals surface area contributed by atoms with Crippen LogP contribution in [0.1, 0.15) is 12.5 Å². The quantitative estimate of drug-likeness (QED) is 0.875. The van der Waals surface area contributed by atoms with E-state index in [9.17, 15) is 0 Å². The van der Waals surface area contributed by atoms with E-state index in [1.165, 1.54) is 16.5 Å². The maximum atomic E-state index is 5.26. The van der Waals surface area contributed by atoms with Gasteiger partial charge >= 0.3 is 0 Å². The van der Waals surface area contributed by atoms with Crippen molar-refractivity contribution >= 4 is 10.9 Å². The molecule has 0 saturated carbocycles. The zero-order valence-corrected chi connectivity index (χ0v) is 10.9. The number of likely N-dealkylation sites (N-methyl/N-ethyl adjacent to an activating group) is 1. The number of nitrogens with one attached hydrogen (secondary N) is 1. The van der Waals surface area contributed by atoms with Crippen LogP contribution in [0.3, 0.4) is 0 Å². The number of hydrogen-bond acceptors (Lipinski definition) is 2. The molecule has 3 nitrogen and oxygen atoms in total. The fraction of sp³-hybridized carbons (Fsp3) is 0.429. The number of hydrogen-bond donors (Lipinski definition) is 1. The molecule has 1 N–H and O–H groups in total. The number of methoxy groups -OCH3 is 1. The number of ether oxygens (including phenoxy) is 1. The second kappa shape index (κ2) is 4.80. The molecular weight excluding hydrogens is 212 g/mol. The summed E-state index contributed by atoms with van der Waals surface area (Å²) in [7, 11) is 5.78. The van der Waals surface area contributed by atoms with Crippen LogP contribution in [-0.4, -0.2) is 24.8 Å². The van der Waals surface area contributed by atoms with Crippen LogP contribution >= 0.6 is 0 Å². The Morgan fingerprint density at radius 2 is 2.18 bits per heavy atom. The molecule has 1 aromatic carbocycles. The van der Waals surface area contributed by atoms with Crippen LogP contribution in [0.5, 0.6) is 5.75 Å². The summed E-state index contributed by atoms with van der Waals surface area (Å²) in [6.07, 6.45) is 3.25. The minimum Gasteiger partial charge on any atom is -0.497 e. The van der Waals surface area contributed by atoms with Crippen LogP contribution in [0, 0.1) is 0 Å². The average molecular weight is 232 g/mol. The van der Waals surface area contributed by atoms with Gasteiger partial charge in [-0.2, -0.15) is 0 Å². The van der Waals surface area contributed by atoms with Gasteiger partial charge in [0.25, 0.3) is 0 Å². The highest BCUT2D eigenvalue weighted by molar-refractivity contribution is 5.85. The van der Waals surface area contributed by atoms with Crippen molar-refractivity contribution in [2.45, 2.75) is 19.4 Å². The lowest BCUT2D eigenvalue weighted by Gasteiger charge is -2.08. The van der Waals surface area contributed by atoms with Crippen molar-refractivity contribution in [1.29, 1.82) is 0 Å². The van der Waals surface area contributed by atoms with Crippen molar-refractivity contribution in [3.63, 3.8) is 0 Å². The van der Waals surface area contributed by atoms with E-state index in [1.807, 2.05) is 13.1 Å². The van der Waals surface area contributed by atoms with Crippen LogP contribution < -0.4 is 10.1 Å². The maximum absolute atomic E-state index is 5.26. The monoisotopic (exact) mass is 232 g/mol. The fourth-order valence-corrected chi connectivity index (χ4v) is 2.17. The smallest absolute Gasteiger partial charge is 0.120 e. The molecule has 3 heteroatoms. The van der Waals surface area contributed by atoms with E-state index in [0.717, 1.165) is 12.2 Å². The molecule has 0 amide bonds. The van der Waals surface area contributed by atoms with Crippen molar-refractivity contribution in [2.75, 3.05) is 14.2 Å². The summed E-state index contributed by atoms with van der Waals surface area (Å²) in [6.45, 7) is 2.20. The molecule has 0 radical (unpaired) electrons. The van der Waals surface area contributed by atoms with Gasteiger partial charge in [0.05, 0.1) is 12.6 Å². The van der Waals surface area contributed by atoms with E-state index in [2.05, 4.69) is 42.2 Å².